The molecule has 1 fully saturated rings. The van der Waals surface area contributed by atoms with Gasteiger partial charge in [0.2, 0.25) is 5.82 Å². The smallest absolute Gasteiger partial charge is 0.372 e. The van der Waals surface area contributed by atoms with Crippen LogP contribution in [0.3, 0.4) is 0 Å². The molecule has 0 aliphatic heterocycles. The maximum atomic E-state index is 11.3. The van der Waals surface area contributed by atoms with Crippen LogP contribution in [0.15, 0.2) is 0 Å². The highest BCUT2D eigenvalue weighted by molar-refractivity contribution is 5.62. The Kier molecular flexibility index (Phi) is 5.26. The van der Waals surface area contributed by atoms with Crippen molar-refractivity contribution < 1.29 is 14.4 Å². The molecule has 1 aromatic rings. The van der Waals surface area contributed by atoms with Crippen molar-refractivity contribution in [3.05, 3.63) is 15.9 Å². The quantitative estimate of drug-likeness (QED) is 0.635. The molecule has 1 heterocycles. The number of nitro groups is 1. The standard InChI is InChI=1S/C13H20N4O4/c1-20-8-10-15-12(14-9-6-4-3-5-7-9)11(17(18)19)13(16-10)21-2/h9H,3-8H2,1-2H3,(H,14,15,16). The van der Waals surface area contributed by atoms with Crippen molar-refractivity contribution in [1.29, 1.82) is 0 Å². The van der Waals surface area contributed by atoms with E-state index in [0.717, 1.165) is 25.7 Å². The topological polar surface area (TPSA) is 99.4 Å². The summed E-state index contributed by atoms with van der Waals surface area (Å²) in [5.41, 5.74) is -0.220. The molecule has 1 aliphatic carbocycles. The van der Waals surface area contributed by atoms with Gasteiger partial charge in [0.25, 0.3) is 5.88 Å². The summed E-state index contributed by atoms with van der Waals surface area (Å²) >= 11 is 0. The van der Waals surface area contributed by atoms with Crippen LogP contribution < -0.4 is 10.1 Å². The lowest BCUT2D eigenvalue weighted by atomic mass is 9.95. The third-order valence-electron chi connectivity index (χ3n) is 3.49. The number of nitrogens with one attached hydrogen (secondary N) is 1. The highest BCUT2D eigenvalue weighted by Crippen LogP contribution is 2.33. The predicted molar refractivity (Wildman–Crippen MR) is 76.4 cm³/mol. The zero-order valence-corrected chi connectivity index (χ0v) is 12.3. The van der Waals surface area contributed by atoms with Gasteiger partial charge in [-0.25, -0.2) is 4.98 Å². The van der Waals surface area contributed by atoms with Crippen LogP contribution in [0.4, 0.5) is 11.5 Å². The molecule has 0 aromatic carbocycles. The van der Waals surface area contributed by atoms with Gasteiger partial charge in [0.15, 0.2) is 5.82 Å². The molecule has 1 saturated carbocycles. The number of nitrogens with zero attached hydrogens (tertiary/aromatic N) is 3. The molecule has 8 heteroatoms. The second-order valence-corrected chi connectivity index (χ2v) is 5.02. The number of anilines is 1. The largest absolute Gasteiger partial charge is 0.476 e. The minimum absolute atomic E-state index is 0.0413. The lowest BCUT2D eigenvalue weighted by molar-refractivity contribution is -0.385. The van der Waals surface area contributed by atoms with Crippen LogP contribution in [-0.2, 0) is 11.3 Å². The van der Waals surface area contributed by atoms with Crippen LogP contribution in [0.1, 0.15) is 37.9 Å². The SMILES string of the molecule is COCc1nc(NC2CCCCC2)c([N+](=O)[O-])c(OC)n1. The second kappa shape index (κ2) is 7.16. The normalized spacial score (nSPS) is 15.7. The molecule has 1 aromatic heterocycles. The molecule has 0 spiro atoms. The molecule has 1 aliphatic rings. The van der Waals surface area contributed by atoms with E-state index in [1.807, 2.05) is 0 Å². The summed E-state index contributed by atoms with van der Waals surface area (Å²) in [6, 6.07) is 0.201. The average Bonchev–Trinajstić information content (AvgIpc) is 2.47. The van der Waals surface area contributed by atoms with Crippen LogP contribution in [0.25, 0.3) is 0 Å². The molecule has 0 bridgehead atoms. The monoisotopic (exact) mass is 296 g/mol. The zero-order valence-electron chi connectivity index (χ0n) is 12.3. The van der Waals surface area contributed by atoms with Crippen LogP contribution in [0.2, 0.25) is 0 Å². The number of methoxy groups -OCH3 is 2. The number of ether oxygens (including phenoxy) is 2. The number of rotatable bonds is 6. The van der Waals surface area contributed by atoms with Gasteiger partial charge in [-0.1, -0.05) is 19.3 Å². The number of hydrogen-bond donors (Lipinski definition) is 1. The van der Waals surface area contributed by atoms with E-state index in [0.29, 0.717) is 5.82 Å². The Labute approximate surface area is 123 Å². The maximum Gasteiger partial charge on any atom is 0.372 e. The van der Waals surface area contributed by atoms with Gasteiger partial charge in [-0.2, -0.15) is 4.98 Å². The van der Waals surface area contributed by atoms with E-state index in [-0.39, 0.29) is 30.0 Å². The summed E-state index contributed by atoms with van der Waals surface area (Å²) < 4.78 is 10.0. The highest BCUT2D eigenvalue weighted by atomic mass is 16.6. The van der Waals surface area contributed by atoms with Crippen LogP contribution >= 0.6 is 0 Å². The lowest BCUT2D eigenvalue weighted by Crippen LogP contribution is -2.24. The van der Waals surface area contributed by atoms with Crippen LogP contribution in [0.5, 0.6) is 5.88 Å². The second-order valence-electron chi connectivity index (χ2n) is 5.02. The molecule has 8 nitrogen and oxygen atoms in total. The average molecular weight is 296 g/mol. The third-order valence-corrected chi connectivity index (χ3v) is 3.49. The van der Waals surface area contributed by atoms with Gasteiger partial charge in [-0.3, -0.25) is 10.1 Å². The Balaban J connectivity index is 2.34. The number of aromatic nitrogens is 2. The van der Waals surface area contributed by atoms with Gasteiger partial charge in [-0.15, -0.1) is 0 Å². The van der Waals surface area contributed by atoms with Crippen molar-refractivity contribution in [1.82, 2.24) is 9.97 Å². The summed E-state index contributed by atoms with van der Waals surface area (Å²) in [6.45, 7) is 0.174. The van der Waals surface area contributed by atoms with E-state index in [2.05, 4.69) is 15.3 Å². The van der Waals surface area contributed by atoms with Gasteiger partial charge < -0.3 is 14.8 Å². The Morgan fingerprint density at radius 2 is 2.00 bits per heavy atom. The van der Waals surface area contributed by atoms with Gasteiger partial charge in [0, 0.05) is 13.2 Å². The fourth-order valence-corrected chi connectivity index (χ4v) is 2.52. The minimum Gasteiger partial charge on any atom is -0.476 e. The van der Waals surface area contributed by atoms with E-state index in [1.165, 1.54) is 20.6 Å². The Hall–Kier alpha value is -1.96. The van der Waals surface area contributed by atoms with Crippen molar-refractivity contribution in [3.8, 4) is 5.88 Å². The first-order valence-corrected chi connectivity index (χ1v) is 7.00. The number of hydrogen-bond acceptors (Lipinski definition) is 7. The predicted octanol–water partition coefficient (Wildman–Crippen LogP) is 2.28. The Morgan fingerprint density at radius 1 is 1.29 bits per heavy atom. The molecule has 0 amide bonds. The molecule has 21 heavy (non-hydrogen) atoms. The van der Waals surface area contributed by atoms with E-state index < -0.39 is 4.92 Å². The molecular weight excluding hydrogens is 276 g/mol. The van der Waals surface area contributed by atoms with Crippen LogP contribution in [-0.4, -0.2) is 35.2 Å². The van der Waals surface area contributed by atoms with Gasteiger partial charge >= 0.3 is 5.69 Å². The summed E-state index contributed by atoms with van der Waals surface area (Å²) in [6.07, 6.45) is 5.44. The van der Waals surface area contributed by atoms with Crippen molar-refractivity contribution >= 4 is 11.5 Å². The molecule has 0 atom stereocenters. The van der Waals surface area contributed by atoms with Crippen molar-refractivity contribution in [2.75, 3.05) is 19.5 Å². The first-order chi connectivity index (χ1) is 10.2. The van der Waals surface area contributed by atoms with Gasteiger partial charge in [0.05, 0.1) is 12.0 Å². The molecule has 0 radical (unpaired) electrons. The van der Waals surface area contributed by atoms with E-state index in [4.69, 9.17) is 9.47 Å². The highest BCUT2D eigenvalue weighted by Gasteiger charge is 2.27. The Bertz CT molecular complexity index is 503. The summed E-state index contributed by atoms with van der Waals surface area (Å²) in [4.78, 5) is 19.0. The first kappa shape index (κ1) is 15.4. The summed E-state index contributed by atoms with van der Waals surface area (Å²) in [5, 5.41) is 14.5. The molecule has 116 valence electrons. The fraction of sp³-hybridized carbons (Fsp3) is 0.692. The first-order valence-electron chi connectivity index (χ1n) is 7.00. The lowest BCUT2D eigenvalue weighted by Gasteiger charge is -2.23. The molecule has 0 saturated heterocycles. The Morgan fingerprint density at radius 3 is 2.57 bits per heavy atom. The van der Waals surface area contributed by atoms with Gasteiger partial charge in [0.1, 0.15) is 6.61 Å². The van der Waals surface area contributed by atoms with Crippen molar-refractivity contribution in [3.63, 3.8) is 0 Å². The summed E-state index contributed by atoms with van der Waals surface area (Å²) in [5.74, 6) is 0.532. The van der Waals surface area contributed by atoms with Crippen LogP contribution in [0, 0.1) is 10.1 Å². The van der Waals surface area contributed by atoms with E-state index in [1.54, 1.807) is 0 Å². The van der Waals surface area contributed by atoms with E-state index in [9.17, 15) is 10.1 Å². The third kappa shape index (κ3) is 3.78. The van der Waals surface area contributed by atoms with Crippen molar-refractivity contribution in [2.45, 2.75) is 44.8 Å². The molecule has 1 N–H and O–H groups in total. The van der Waals surface area contributed by atoms with Crippen molar-refractivity contribution in [2.24, 2.45) is 0 Å². The van der Waals surface area contributed by atoms with E-state index >= 15 is 0 Å². The fourth-order valence-electron chi connectivity index (χ4n) is 2.52. The van der Waals surface area contributed by atoms with Gasteiger partial charge in [-0.05, 0) is 12.8 Å². The maximum absolute atomic E-state index is 11.3. The molecule has 0 unspecified atom stereocenters. The summed E-state index contributed by atoms with van der Waals surface area (Å²) in [7, 11) is 2.88. The molecule has 2 rings (SSSR count). The zero-order chi connectivity index (χ0) is 15.2. The molecular formula is C13H20N4O4. The minimum atomic E-state index is -0.513.